The molecular formula is C19H22BrN3O2. The predicted molar refractivity (Wildman–Crippen MR) is 102 cm³/mol. The second-order valence-corrected chi connectivity index (χ2v) is 6.91. The third kappa shape index (κ3) is 4.58. The van der Waals surface area contributed by atoms with Gasteiger partial charge in [-0.05, 0) is 36.2 Å². The quantitative estimate of drug-likeness (QED) is 0.828. The van der Waals surface area contributed by atoms with Gasteiger partial charge in [-0.3, -0.25) is 4.79 Å². The zero-order chi connectivity index (χ0) is 17.6. The third-order valence-electron chi connectivity index (χ3n) is 4.33. The van der Waals surface area contributed by atoms with Gasteiger partial charge in [-0.2, -0.15) is 0 Å². The van der Waals surface area contributed by atoms with Crippen LogP contribution in [0, 0.1) is 0 Å². The maximum Gasteiger partial charge on any atom is 0.253 e. The van der Waals surface area contributed by atoms with Gasteiger partial charge in [0.2, 0.25) is 0 Å². The molecule has 0 saturated carbocycles. The lowest BCUT2D eigenvalue weighted by atomic mass is 10.0. The summed E-state index contributed by atoms with van der Waals surface area (Å²) in [7, 11) is 0. The van der Waals surface area contributed by atoms with Crippen molar-refractivity contribution in [3.63, 3.8) is 0 Å². The van der Waals surface area contributed by atoms with Crippen LogP contribution in [-0.4, -0.2) is 37.2 Å². The van der Waals surface area contributed by atoms with Gasteiger partial charge < -0.3 is 15.0 Å². The summed E-state index contributed by atoms with van der Waals surface area (Å²) >= 11 is 3.44. The average Bonchev–Trinajstić information content (AvgIpc) is 2.67. The molecule has 2 heterocycles. The van der Waals surface area contributed by atoms with Gasteiger partial charge in [-0.15, -0.1) is 0 Å². The molecule has 3 rings (SSSR count). The monoisotopic (exact) mass is 403 g/mol. The van der Waals surface area contributed by atoms with E-state index in [1.807, 2.05) is 36.4 Å². The Kier molecular flexibility index (Phi) is 6.04. The smallest absolute Gasteiger partial charge is 0.253 e. The lowest BCUT2D eigenvalue weighted by molar-refractivity contribution is 0.0935. The molecule has 1 aliphatic heterocycles. The molecule has 1 aromatic heterocycles. The highest BCUT2D eigenvalue weighted by Crippen LogP contribution is 2.20. The minimum Gasteiger partial charge on any atom is -0.378 e. The number of carbonyl (C=O) groups is 1. The first-order valence-electron chi connectivity index (χ1n) is 8.52. The first-order chi connectivity index (χ1) is 12.2. The number of morpholine rings is 1. The van der Waals surface area contributed by atoms with Gasteiger partial charge in [0.1, 0.15) is 5.82 Å². The van der Waals surface area contributed by atoms with E-state index in [1.54, 1.807) is 6.20 Å². The molecule has 0 radical (unpaired) electrons. The zero-order valence-electron chi connectivity index (χ0n) is 14.2. The number of rotatable bonds is 5. The van der Waals surface area contributed by atoms with E-state index in [-0.39, 0.29) is 11.9 Å². The molecule has 1 saturated heterocycles. The summed E-state index contributed by atoms with van der Waals surface area (Å²) in [6.07, 6.45) is 2.47. The second-order valence-electron chi connectivity index (χ2n) is 5.99. The van der Waals surface area contributed by atoms with E-state index in [9.17, 15) is 4.79 Å². The summed E-state index contributed by atoms with van der Waals surface area (Å²) in [6, 6.07) is 11.8. The first kappa shape index (κ1) is 17.9. The van der Waals surface area contributed by atoms with Crippen molar-refractivity contribution in [3.8, 4) is 0 Å². The Bertz CT molecular complexity index is 698. The van der Waals surface area contributed by atoms with E-state index >= 15 is 0 Å². The largest absolute Gasteiger partial charge is 0.378 e. The van der Waals surface area contributed by atoms with Crippen LogP contribution in [0.4, 0.5) is 5.82 Å². The molecule has 0 spiro atoms. The molecule has 1 atom stereocenters. The minimum absolute atomic E-state index is 0.0143. The Morgan fingerprint density at radius 2 is 1.96 bits per heavy atom. The van der Waals surface area contributed by atoms with Crippen molar-refractivity contribution in [1.82, 2.24) is 10.3 Å². The van der Waals surface area contributed by atoms with Crippen LogP contribution >= 0.6 is 15.9 Å². The summed E-state index contributed by atoms with van der Waals surface area (Å²) in [6.45, 7) is 5.16. The van der Waals surface area contributed by atoms with Crippen LogP contribution in [0.1, 0.15) is 35.3 Å². The molecule has 0 aliphatic carbocycles. The van der Waals surface area contributed by atoms with Crippen molar-refractivity contribution in [2.75, 3.05) is 31.2 Å². The topological polar surface area (TPSA) is 54.5 Å². The van der Waals surface area contributed by atoms with Gasteiger partial charge in [-0.25, -0.2) is 4.98 Å². The van der Waals surface area contributed by atoms with E-state index in [0.29, 0.717) is 5.56 Å². The van der Waals surface area contributed by atoms with Gasteiger partial charge in [0.15, 0.2) is 0 Å². The average molecular weight is 404 g/mol. The third-order valence-corrected chi connectivity index (χ3v) is 4.86. The molecule has 5 nitrogen and oxygen atoms in total. The van der Waals surface area contributed by atoms with Crippen molar-refractivity contribution in [2.45, 2.75) is 19.4 Å². The number of anilines is 1. The molecule has 0 bridgehead atoms. The highest BCUT2D eigenvalue weighted by Gasteiger charge is 2.16. The lowest BCUT2D eigenvalue weighted by Gasteiger charge is -2.27. The zero-order valence-corrected chi connectivity index (χ0v) is 15.8. The number of pyridine rings is 1. The van der Waals surface area contributed by atoms with Crippen LogP contribution in [0.5, 0.6) is 0 Å². The van der Waals surface area contributed by atoms with Crippen LogP contribution in [0.2, 0.25) is 0 Å². The summed E-state index contributed by atoms with van der Waals surface area (Å²) in [4.78, 5) is 19.2. The Morgan fingerprint density at radius 3 is 2.56 bits per heavy atom. The number of halogens is 1. The molecule has 1 amide bonds. The highest BCUT2D eigenvalue weighted by molar-refractivity contribution is 9.10. The standard InChI is InChI=1S/C19H22BrN3O2/c1-2-17(14-3-6-16(20)7-4-14)22-19(24)15-5-8-18(21-13-15)23-9-11-25-12-10-23/h3-8,13,17H,2,9-12H2,1H3,(H,22,24). The minimum atomic E-state index is -0.101. The molecule has 6 heteroatoms. The van der Waals surface area contributed by atoms with Crippen molar-refractivity contribution in [2.24, 2.45) is 0 Å². The number of hydrogen-bond donors (Lipinski definition) is 1. The van der Waals surface area contributed by atoms with Gasteiger partial charge >= 0.3 is 0 Å². The predicted octanol–water partition coefficient (Wildman–Crippen LogP) is 3.56. The molecule has 1 N–H and O–H groups in total. The highest BCUT2D eigenvalue weighted by atomic mass is 79.9. The fourth-order valence-corrected chi connectivity index (χ4v) is 3.12. The van der Waals surface area contributed by atoms with E-state index in [0.717, 1.165) is 48.6 Å². The first-order valence-corrected chi connectivity index (χ1v) is 9.31. The maximum atomic E-state index is 12.5. The summed E-state index contributed by atoms with van der Waals surface area (Å²) < 4.78 is 6.38. The summed E-state index contributed by atoms with van der Waals surface area (Å²) in [5, 5.41) is 3.09. The Hall–Kier alpha value is -1.92. The second kappa shape index (κ2) is 8.45. The maximum absolute atomic E-state index is 12.5. The summed E-state index contributed by atoms with van der Waals surface area (Å²) in [5.41, 5.74) is 1.67. The molecular weight excluding hydrogens is 382 g/mol. The van der Waals surface area contributed by atoms with Gasteiger partial charge in [0.05, 0.1) is 24.8 Å². The fourth-order valence-electron chi connectivity index (χ4n) is 2.86. The van der Waals surface area contributed by atoms with E-state index in [1.165, 1.54) is 0 Å². The van der Waals surface area contributed by atoms with Gasteiger partial charge in [-0.1, -0.05) is 35.0 Å². The number of nitrogens with one attached hydrogen (secondary N) is 1. The van der Waals surface area contributed by atoms with Crippen molar-refractivity contribution >= 4 is 27.7 Å². The Labute approximate surface area is 156 Å². The molecule has 1 fully saturated rings. The molecule has 1 unspecified atom stereocenters. The van der Waals surface area contributed by atoms with E-state index < -0.39 is 0 Å². The molecule has 2 aromatic rings. The van der Waals surface area contributed by atoms with E-state index in [2.05, 4.69) is 38.1 Å². The van der Waals surface area contributed by atoms with Crippen molar-refractivity contribution in [3.05, 3.63) is 58.2 Å². The number of nitrogens with zero attached hydrogens (tertiary/aromatic N) is 2. The van der Waals surface area contributed by atoms with Crippen LogP contribution in [0.25, 0.3) is 0 Å². The fraction of sp³-hybridized carbons (Fsp3) is 0.368. The normalized spacial score (nSPS) is 15.7. The number of amides is 1. The molecule has 1 aromatic carbocycles. The van der Waals surface area contributed by atoms with Crippen LogP contribution in [0.15, 0.2) is 47.1 Å². The number of benzene rings is 1. The van der Waals surface area contributed by atoms with Crippen LogP contribution in [0.3, 0.4) is 0 Å². The number of hydrogen-bond acceptors (Lipinski definition) is 4. The SMILES string of the molecule is CCC(NC(=O)c1ccc(N2CCOCC2)nc1)c1ccc(Br)cc1. The van der Waals surface area contributed by atoms with Crippen molar-refractivity contribution in [1.29, 1.82) is 0 Å². The lowest BCUT2D eigenvalue weighted by Crippen LogP contribution is -2.36. The number of ether oxygens (including phenoxy) is 1. The van der Waals surface area contributed by atoms with Crippen LogP contribution < -0.4 is 10.2 Å². The van der Waals surface area contributed by atoms with Gasteiger partial charge in [0, 0.05) is 23.8 Å². The number of aromatic nitrogens is 1. The van der Waals surface area contributed by atoms with E-state index in [4.69, 9.17) is 4.74 Å². The number of carbonyl (C=O) groups excluding carboxylic acids is 1. The van der Waals surface area contributed by atoms with Crippen LogP contribution in [-0.2, 0) is 4.74 Å². The Balaban J connectivity index is 1.66. The van der Waals surface area contributed by atoms with Crippen molar-refractivity contribution < 1.29 is 9.53 Å². The molecule has 132 valence electrons. The molecule has 1 aliphatic rings. The van der Waals surface area contributed by atoms with Gasteiger partial charge in [0.25, 0.3) is 5.91 Å². The Morgan fingerprint density at radius 1 is 1.24 bits per heavy atom. The molecule has 25 heavy (non-hydrogen) atoms. The summed E-state index contributed by atoms with van der Waals surface area (Å²) in [5.74, 6) is 0.788.